The number of carbonyl (C=O) groups is 1. The molecular weight excluding hydrogens is 461 g/mol. The molecule has 10 heteroatoms. The molecule has 0 fully saturated rings. The van der Waals surface area contributed by atoms with Crippen molar-refractivity contribution in [1.82, 2.24) is 9.80 Å². The third-order valence-electron chi connectivity index (χ3n) is 6.48. The number of benzene rings is 2. The van der Waals surface area contributed by atoms with Gasteiger partial charge in [-0.25, -0.2) is 4.39 Å². The van der Waals surface area contributed by atoms with E-state index in [0.29, 0.717) is 49.6 Å². The molecule has 9 nitrogen and oxygen atoms in total. The summed E-state index contributed by atoms with van der Waals surface area (Å²) in [6.07, 6.45) is 5.16. The third kappa shape index (κ3) is 5.32. The lowest BCUT2D eigenvalue weighted by Crippen LogP contribution is -2.39. The molecule has 0 atom stereocenters. The van der Waals surface area contributed by atoms with Crippen molar-refractivity contribution in [3.8, 4) is 5.75 Å². The van der Waals surface area contributed by atoms with Gasteiger partial charge in [0.15, 0.2) is 11.9 Å². The summed E-state index contributed by atoms with van der Waals surface area (Å²) in [7, 11) is 1.57. The average molecular weight is 492 g/mol. The predicted molar refractivity (Wildman–Crippen MR) is 140 cm³/mol. The Hall–Kier alpha value is -4.34. The van der Waals surface area contributed by atoms with E-state index < -0.39 is 11.7 Å². The number of methoxy groups -OCH3 is 1. The zero-order chi connectivity index (χ0) is 25.8. The maximum atomic E-state index is 14.9. The lowest BCUT2D eigenvalue weighted by molar-refractivity contribution is 0.102. The molecule has 7 N–H and O–H groups in total. The van der Waals surface area contributed by atoms with Crippen molar-refractivity contribution < 1.29 is 13.9 Å². The first kappa shape index (κ1) is 24.8. The molecule has 0 aliphatic carbocycles. The van der Waals surface area contributed by atoms with Gasteiger partial charge in [0.2, 0.25) is 0 Å². The minimum Gasteiger partial charge on any atom is -0.496 e. The van der Waals surface area contributed by atoms with E-state index in [9.17, 15) is 9.18 Å². The van der Waals surface area contributed by atoms with E-state index in [-0.39, 0.29) is 17.5 Å². The summed E-state index contributed by atoms with van der Waals surface area (Å²) in [5.74, 6) is -0.236. The number of guanidine groups is 2. The van der Waals surface area contributed by atoms with Crippen molar-refractivity contribution in [2.45, 2.75) is 12.8 Å². The van der Waals surface area contributed by atoms with Crippen LogP contribution >= 0.6 is 0 Å². The summed E-state index contributed by atoms with van der Waals surface area (Å²) >= 11 is 0. The molecular formula is C26H30FN7O2. The van der Waals surface area contributed by atoms with Crippen LogP contribution in [0.3, 0.4) is 0 Å². The summed E-state index contributed by atoms with van der Waals surface area (Å²) in [6.45, 7) is 2.21. The molecule has 4 rings (SSSR count). The van der Waals surface area contributed by atoms with E-state index in [2.05, 4.69) is 5.32 Å². The van der Waals surface area contributed by atoms with Crippen molar-refractivity contribution in [2.75, 3.05) is 38.6 Å². The van der Waals surface area contributed by atoms with Gasteiger partial charge in [-0.1, -0.05) is 18.2 Å². The Labute approximate surface area is 209 Å². The van der Waals surface area contributed by atoms with Gasteiger partial charge in [-0.2, -0.15) is 0 Å². The van der Waals surface area contributed by atoms with Crippen LogP contribution in [0.2, 0.25) is 0 Å². The normalized spacial score (nSPS) is 15.6. The second-order valence-electron chi connectivity index (χ2n) is 8.69. The van der Waals surface area contributed by atoms with Gasteiger partial charge in [0, 0.05) is 54.6 Å². The molecule has 0 spiro atoms. The van der Waals surface area contributed by atoms with E-state index >= 15 is 0 Å². The van der Waals surface area contributed by atoms with E-state index in [0.717, 1.165) is 23.1 Å². The first-order valence-electron chi connectivity index (χ1n) is 11.6. The van der Waals surface area contributed by atoms with Crippen LogP contribution in [0.1, 0.15) is 34.3 Å². The van der Waals surface area contributed by atoms with E-state index in [1.807, 2.05) is 18.2 Å². The number of ether oxygens (including phenoxy) is 1. The second-order valence-corrected chi connectivity index (χ2v) is 8.69. The zero-order valence-corrected chi connectivity index (χ0v) is 20.1. The largest absolute Gasteiger partial charge is 0.496 e. The first-order chi connectivity index (χ1) is 17.3. The van der Waals surface area contributed by atoms with Gasteiger partial charge in [-0.05, 0) is 48.3 Å². The molecule has 0 radical (unpaired) electrons. The lowest BCUT2D eigenvalue weighted by Gasteiger charge is -2.27. The Morgan fingerprint density at radius 3 is 2.03 bits per heavy atom. The first-order valence-corrected chi connectivity index (χ1v) is 11.6. The molecule has 2 aromatic carbocycles. The van der Waals surface area contributed by atoms with Gasteiger partial charge in [0.1, 0.15) is 11.6 Å². The molecule has 0 aromatic heterocycles. The van der Waals surface area contributed by atoms with Gasteiger partial charge >= 0.3 is 0 Å². The number of nitrogens with two attached hydrogens (primary N) is 2. The summed E-state index contributed by atoms with van der Waals surface area (Å²) in [5, 5.41) is 17.9. The second kappa shape index (κ2) is 10.5. The molecule has 2 heterocycles. The number of hydrogen-bond donors (Lipinski definition) is 5. The molecule has 188 valence electrons. The monoisotopic (exact) mass is 491 g/mol. The highest BCUT2D eigenvalue weighted by atomic mass is 19.1. The van der Waals surface area contributed by atoms with Crippen LogP contribution < -0.4 is 21.5 Å². The summed E-state index contributed by atoms with van der Waals surface area (Å²) in [5.41, 5.74) is 15.1. The fourth-order valence-electron chi connectivity index (χ4n) is 4.42. The molecule has 2 aliphatic heterocycles. The van der Waals surface area contributed by atoms with Crippen LogP contribution in [0.25, 0.3) is 11.1 Å². The molecule has 36 heavy (non-hydrogen) atoms. The molecule has 0 bridgehead atoms. The number of rotatable bonds is 5. The van der Waals surface area contributed by atoms with E-state index in [4.69, 9.17) is 27.0 Å². The van der Waals surface area contributed by atoms with Crippen molar-refractivity contribution in [3.05, 3.63) is 71.1 Å². The standard InChI is InChI=1S/C26H30FN7O2/c1-36-23-15-19(3-5-21(23)17-8-12-34(13-9-17)26(30)31)32-24(35)18-2-4-20(22(27)14-18)16-6-10-33(11-7-16)25(28)29/h2-6,8,14-15H,7,9-13H2,1H3,(H3,28,29)(H3,30,31)(H,32,35). The highest BCUT2D eigenvalue weighted by molar-refractivity contribution is 6.04. The number of amides is 1. The Morgan fingerprint density at radius 1 is 0.944 bits per heavy atom. The van der Waals surface area contributed by atoms with Crippen molar-refractivity contribution in [3.63, 3.8) is 0 Å². The Bertz CT molecular complexity index is 1270. The fraction of sp³-hybridized carbons (Fsp3) is 0.269. The number of carbonyl (C=O) groups excluding carboxylic acids is 1. The van der Waals surface area contributed by atoms with Crippen molar-refractivity contribution in [2.24, 2.45) is 11.5 Å². The minimum atomic E-state index is -0.470. The Morgan fingerprint density at radius 2 is 1.53 bits per heavy atom. The maximum Gasteiger partial charge on any atom is 0.255 e. The SMILES string of the molecule is COc1cc(NC(=O)c2ccc(C3=CCN(C(=N)N)CC3)c(F)c2)ccc1C1=CCN(C(=N)N)CC1. The van der Waals surface area contributed by atoms with Crippen molar-refractivity contribution in [1.29, 1.82) is 10.8 Å². The molecule has 2 aliphatic rings. The Kier molecular flexibility index (Phi) is 7.23. The van der Waals surface area contributed by atoms with Crippen LogP contribution in [-0.4, -0.2) is 60.9 Å². The van der Waals surface area contributed by atoms with Gasteiger partial charge in [0.25, 0.3) is 5.91 Å². The number of hydrogen-bond acceptors (Lipinski definition) is 4. The van der Waals surface area contributed by atoms with Crippen LogP contribution in [0.5, 0.6) is 5.75 Å². The fourth-order valence-corrected chi connectivity index (χ4v) is 4.42. The number of nitrogens with zero attached hydrogens (tertiary/aromatic N) is 2. The highest BCUT2D eigenvalue weighted by Gasteiger charge is 2.19. The molecule has 0 saturated heterocycles. The average Bonchev–Trinajstić information content (AvgIpc) is 2.88. The van der Waals surface area contributed by atoms with Crippen LogP contribution in [0.15, 0.2) is 48.6 Å². The van der Waals surface area contributed by atoms with Gasteiger partial charge in [0.05, 0.1) is 7.11 Å². The summed E-state index contributed by atoms with van der Waals surface area (Å²) < 4.78 is 20.5. The molecule has 2 aromatic rings. The summed E-state index contributed by atoms with van der Waals surface area (Å²) in [6, 6.07) is 9.86. The highest BCUT2D eigenvalue weighted by Crippen LogP contribution is 2.33. The molecule has 1 amide bonds. The smallest absolute Gasteiger partial charge is 0.255 e. The van der Waals surface area contributed by atoms with Crippen LogP contribution in [0.4, 0.5) is 10.1 Å². The number of anilines is 1. The van der Waals surface area contributed by atoms with Gasteiger partial charge in [-0.15, -0.1) is 0 Å². The number of halogens is 1. The third-order valence-corrected chi connectivity index (χ3v) is 6.48. The predicted octanol–water partition coefficient (Wildman–Crippen LogP) is 3.05. The topological polar surface area (TPSA) is 145 Å². The van der Waals surface area contributed by atoms with Crippen LogP contribution in [0, 0.1) is 16.6 Å². The molecule has 0 unspecified atom stereocenters. The van der Waals surface area contributed by atoms with Gasteiger partial charge in [-0.3, -0.25) is 15.6 Å². The van der Waals surface area contributed by atoms with Crippen LogP contribution in [-0.2, 0) is 0 Å². The molecule has 0 saturated carbocycles. The van der Waals surface area contributed by atoms with E-state index in [1.54, 1.807) is 41.2 Å². The minimum absolute atomic E-state index is 0.00227. The lowest BCUT2D eigenvalue weighted by atomic mass is 9.97. The Balaban J connectivity index is 1.46. The quantitative estimate of drug-likeness (QED) is 0.321. The summed E-state index contributed by atoms with van der Waals surface area (Å²) in [4.78, 5) is 16.3. The van der Waals surface area contributed by atoms with E-state index in [1.165, 1.54) is 6.07 Å². The maximum absolute atomic E-state index is 14.9. The van der Waals surface area contributed by atoms with Gasteiger partial charge < -0.3 is 31.3 Å². The van der Waals surface area contributed by atoms with Crippen molar-refractivity contribution >= 4 is 34.7 Å². The zero-order valence-electron chi connectivity index (χ0n) is 20.1. The number of nitrogens with one attached hydrogen (secondary N) is 3.